The molecule has 0 aliphatic heterocycles. The van der Waals surface area contributed by atoms with E-state index in [9.17, 15) is 0 Å². The van der Waals surface area contributed by atoms with Crippen molar-refractivity contribution in [3.8, 4) is 0 Å². The van der Waals surface area contributed by atoms with E-state index in [0.717, 1.165) is 35.4 Å². The number of pyridine rings is 1. The molecule has 0 radical (unpaired) electrons. The van der Waals surface area contributed by atoms with Crippen molar-refractivity contribution in [2.45, 2.75) is 18.8 Å². The predicted molar refractivity (Wildman–Crippen MR) is 87.3 cm³/mol. The highest BCUT2D eigenvalue weighted by Crippen LogP contribution is 2.23. The summed E-state index contributed by atoms with van der Waals surface area (Å²) in [5.74, 6) is 1.20. The first-order chi connectivity index (χ1) is 10.2. The molecule has 3 aromatic rings. The Morgan fingerprint density at radius 3 is 2.76 bits per heavy atom. The maximum atomic E-state index is 6.22. The zero-order chi connectivity index (χ0) is 14.8. The second-order valence-electron chi connectivity index (χ2n) is 4.66. The molecule has 0 fully saturated rings. The van der Waals surface area contributed by atoms with E-state index in [2.05, 4.69) is 14.5 Å². The predicted octanol–water partition coefficient (Wildman–Crippen LogP) is 4.72. The van der Waals surface area contributed by atoms with Crippen LogP contribution in [-0.4, -0.2) is 14.5 Å². The summed E-state index contributed by atoms with van der Waals surface area (Å²) in [5.41, 5.74) is 2.94. The van der Waals surface area contributed by atoms with Crippen molar-refractivity contribution in [1.29, 1.82) is 0 Å². The summed E-state index contributed by atoms with van der Waals surface area (Å²) in [4.78, 5) is 8.58. The Kier molecular flexibility index (Phi) is 4.34. The third-order valence-electron chi connectivity index (χ3n) is 3.37. The van der Waals surface area contributed by atoms with Crippen LogP contribution in [0.25, 0.3) is 11.0 Å². The largest absolute Gasteiger partial charge is 0.327 e. The van der Waals surface area contributed by atoms with Crippen LogP contribution in [0.4, 0.5) is 0 Å². The van der Waals surface area contributed by atoms with Gasteiger partial charge in [-0.3, -0.25) is 4.98 Å². The Labute approximate surface area is 137 Å². The molecule has 0 saturated carbocycles. The highest BCUT2D eigenvalue weighted by atomic mass is 35.5. The lowest BCUT2D eigenvalue weighted by Crippen LogP contribution is -2.05. The number of imidazole rings is 1. The summed E-state index contributed by atoms with van der Waals surface area (Å²) < 4.78 is 2.11. The van der Waals surface area contributed by atoms with Gasteiger partial charge >= 0.3 is 0 Å². The number of aromatic nitrogens is 3. The molecule has 0 aliphatic carbocycles. The monoisotopic (exact) mass is 339 g/mol. The zero-order valence-electron chi connectivity index (χ0n) is 11.1. The fourth-order valence-corrected chi connectivity index (χ4v) is 3.05. The summed E-state index contributed by atoms with van der Waals surface area (Å²) in [5, 5.41) is 1.32. The Balaban J connectivity index is 1.91. The van der Waals surface area contributed by atoms with Gasteiger partial charge in [-0.25, -0.2) is 4.98 Å². The van der Waals surface area contributed by atoms with Crippen molar-refractivity contribution in [3.63, 3.8) is 0 Å². The first-order valence-corrected chi connectivity index (χ1v) is 7.77. The number of benzene rings is 1. The second kappa shape index (κ2) is 6.22. The number of hydrogen-bond acceptors (Lipinski definition) is 2. The molecule has 0 aliphatic rings. The van der Waals surface area contributed by atoms with E-state index in [-0.39, 0.29) is 0 Å². The molecule has 6 heteroatoms. The average molecular weight is 341 g/mol. The van der Waals surface area contributed by atoms with Crippen LogP contribution in [-0.2, 0) is 18.8 Å². The van der Waals surface area contributed by atoms with E-state index >= 15 is 0 Å². The highest BCUT2D eigenvalue weighted by Gasteiger charge is 2.10. The molecule has 2 aromatic heterocycles. The smallest absolute Gasteiger partial charge is 0.124 e. The Morgan fingerprint density at radius 2 is 2.00 bits per heavy atom. The molecule has 1 aromatic carbocycles. The molecular formula is C15H12Cl3N3. The van der Waals surface area contributed by atoms with Crippen molar-refractivity contribution in [2.24, 2.45) is 0 Å². The van der Waals surface area contributed by atoms with Crippen LogP contribution in [0, 0.1) is 0 Å². The minimum absolute atomic E-state index is 0.364. The van der Waals surface area contributed by atoms with Crippen molar-refractivity contribution in [1.82, 2.24) is 14.5 Å². The van der Waals surface area contributed by atoms with Gasteiger partial charge in [0.1, 0.15) is 11.3 Å². The number of halogens is 3. The van der Waals surface area contributed by atoms with Gasteiger partial charge in [0.25, 0.3) is 0 Å². The number of nitrogens with zero attached hydrogens (tertiary/aromatic N) is 3. The molecule has 0 atom stereocenters. The van der Waals surface area contributed by atoms with Gasteiger partial charge in [0.2, 0.25) is 0 Å². The van der Waals surface area contributed by atoms with Gasteiger partial charge < -0.3 is 4.57 Å². The summed E-state index contributed by atoms with van der Waals surface area (Å²) in [7, 11) is 0. The number of hydrogen-bond donors (Lipinski definition) is 0. The molecule has 2 heterocycles. The van der Waals surface area contributed by atoms with Gasteiger partial charge in [-0.15, -0.1) is 11.6 Å². The van der Waals surface area contributed by atoms with Crippen LogP contribution in [0.2, 0.25) is 10.0 Å². The summed E-state index contributed by atoms with van der Waals surface area (Å²) >= 11 is 18.1. The average Bonchev–Trinajstić information content (AvgIpc) is 2.84. The maximum Gasteiger partial charge on any atom is 0.124 e. The van der Waals surface area contributed by atoms with Crippen LogP contribution in [0.15, 0.2) is 36.7 Å². The zero-order valence-corrected chi connectivity index (χ0v) is 13.3. The quantitative estimate of drug-likeness (QED) is 0.643. The SMILES string of the molecule is ClCc1nc2cnccc2n1CCc1ccc(Cl)cc1Cl. The van der Waals surface area contributed by atoms with E-state index in [1.807, 2.05) is 18.2 Å². The maximum absolute atomic E-state index is 6.22. The lowest BCUT2D eigenvalue weighted by atomic mass is 10.1. The van der Waals surface area contributed by atoms with Crippen LogP contribution >= 0.6 is 34.8 Å². The molecule has 3 nitrogen and oxygen atoms in total. The molecule has 0 saturated heterocycles. The summed E-state index contributed by atoms with van der Waals surface area (Å²) in [6.07, 6.45) is 4.29. The van der Waals surface area contributed by atoms with Gasteiger partial charge in [-0.05, 0) is 30.2 Å². The van der Waals surface area contributed by atoms with E-state index in [0.29, 0.717) is 15.9 Å². The van der Waals surface area contributed by atoms with Crippen molar-refractivity contribution >= 4 is 45.8 Å². The van der Waals surface area contributed by atoms with Crippen molar-refractivity contribution in [2.75, 3.05) is 0 Å². The Hall–Kier alpha value is -1.29. The van der Waals surface area contributed by atoms with Crippen molar-refractivity contribution < 1.29 is 0 Å². The molecule has 3 rings (SSSR count). The molecular weight excluding hydrogens is 329 g/mol. The summed E-state index contributed by atoms with van der Waals surface area (Å²) in [6, 6.07) is 7.51. The molecule has 0 amide bonds. The third-order valence-corrected chi connectivity index (χ3v) is 4.19. The van der Waals surface area contributed by atoms with Gasteiger partial charge in [0.15, 0.2) is 0 Å². The number of rotatable bonds is 4. The van der Waals surface area contributed by atoms with Gasteiger partial charge in [0.05, 0.1) is 17.6 Å². The fraction of sp³-hybridized carbons (Fsp3) is 0.200. The molecule has 0 spiro atoms. The number of fused-ring (bicyclic) bond motifs is 1. The van der Waals surface area contributed by atoms with Crippen LogP contribution in [0.5, 0.6) is 0 Å². The molecule has 0 bridgehead atoms. The lowest BCUT2D eigenvalue weighted by molar-refractivity contribution is 0.688. The minimum Gasteiger partial charge on any atom is -0.327 e. The van der Waals surface area contributed by atoms with Crippen LogP contribution in [0.3, 0.4) is 0 Å². The first-order valence-electron chi connectivity index (χ1n) is 6.48. The van der Waals surface area contributed by atoms with E-state index in [1.54, 1.807) is 18.5 Å². The Morgan fingerprint density at radius 1 is 1.14 bits per heavy atom. The normalized spacial score (nSPS) is 11.2. The van der Waals surface area contributed by atoms with E-state index < -0.39 is 0 Å². The van der Waals surface area contributed by atoms with Gasteiger partial charge in [-0.1, -0.05) is 29.3 Å². The first kappa shape index (κ1) is 14.6. The fourth-order valence-electron chi connectivity index (χ4n) is 2.34. The highest BCUT2D eigenvalue weighted by molar-refractivity contribution is 6.35. The molecule has 0 unspecified atom stereocenters. The standard InChI is InChI=1S/C15H12Cl3N3/c16-8-15-20-13-9-19-5-3-14(13)21(15)6-4-10-1-2-11(17)7-12(10)18/h1-3,5,7,9H,4,6,8H2. The molecule has 21 heavy (non-hydrogen) atoms. The van der Waals surface area contributed by atoms with Crippen LogP contribution < -0.4 is 0 Å². The van der Waals surface area contributed by atoms with E-state index in [1.165, 1.54) is 0 Å². The van der Waals surface area contributed by atoms with E-state index in [4.69, 9.17) is 34.8 Å². The molecule has 0 N–H and O–H groups in total. The second-order valence-corrected chi connectivity index (χ2v) is 5.77. The number of aryl methyl sites for hydroxylation is 2. The third kappa shape index (κ3) is 3.00. The lowest BCUT2D eigenvalue weighted by Gasteiger charge is -2.09. The molecule has 108 valence electrons. The number of alkyl halides is 1. The van der Waals surface area contributed by atoms with Crippen molar-refractivity contribution in [3.05, 3.63) is 58.1 Å². The minimum atomic E-state index is 0.364. The van der Waals surface area contributed by atoms with Crippen LogP contribution in [0.1, 0.15) is 11.4 Å². The van der Waals surface area contributed by atoms with Gasteiger partial charge in [-0.2, -0.15) is 0 Å². The summed E-state index contributed by atoms with van der Waals surface area (Å²) in [6.45, 7) is 0.754. The Bertz CT molecular complexity index is 783. The van der Waals surface area contributed by atoms with Gasteiger partial charge in [0, 0.05) is 22.8 Å². The topological polar surface area (TPSA) is 30.7 Å².